The lowest BCUT2D eigenvalue weighted by Gasteiger charge is -2.25. The lowest BCUT2D eigenvalue weighted by Crippen LogP contribution is -2.37. The highest BCUT2D eigenvalue weighted by molar-refractivity contribution is 5.96. The van der Waals surface area contributed by atoms with E-state index in [1.165, 1.54) is 0 Å². The summed E-state index contributed by atoms with van der Waals surface area (Å²) in [4.78, 5) is 48.4. The van der Waals surface area contributed by atoms with E-state index >= 15 is 0 Å². The van der Waals surface area contributed by atoms with Gasteiger partial charge in [0.25, 0.3) is 12.4 Å². The Bertz CT molecular complexity index is 1870. The number of carboxylic acid groups (broad SMARTS) is 1. The number of benzene rings is 2. The van der Waals surface area contributed by atoms with Gasteiger partial charge in [0.15, 0.2) is 11.5 Å². The van der Waals surface area contributed by atoms with Crippen LogP contribution in [0.3, 0.4) is 0 Å². The molecule has 256 valence electrons. The summed E-state index contributed by atoms with van der Waals surface area (Å²) in [6, 6.07) is 17.3. The smallest absolute Gasteiger partial charge is 0.290 e. The average molecular weight is 669 g/mol. The van der Waals surface area contributed by atoms with Crippen molar-refractivity contribution in [3.05, 3.63) is 90.3 Å². The molecule has 0 saturated heterocycles. The number of pyridine rings is 1. The first kappa shape index (κ1) is 34.6. The molecule has 0 fully saturated rings. The topological polar surface area (TPSA) is 153 Å². The van der Waals surface area contributed by atoms with Crippen LogP contribution < -0.4 is 9.47 Å². The standard InChI is InChI=1S/C35H38N6O5.CH2O2/c1-25-20-29(46-38-25)23-33(42)39-13-5-6-14-41(35(43)30-21-26-8-3-4-9-28(26)24-37-30)15-7-19-45-32-22-27(10-11-31(32)44-2)34-36-12-16-40(34)18-17-39;2-1-3/h3-4,8-12,16,20-22,24H,5-7,13-15,17-19,23H2,1-2H3;1H,(H,2,3). The van der Waals surface area contributed by atoms with Crippen molar-refractivity contribution in [2.75, 3.05) is 39.9 Å². The molecule has 0 aliphatic carbocycles. The van der Waals surface area contributed by atoms with Crippen molar-refractivity contribution in [3.8, 4) is 22.9 Å². The number of methoxy groups -OCH3 is 1. The molecule has 3 aromatic heterocycles. The molecule has 2 amide bonds. The van der Waals surface area contributed by atoms with Crippen LogP contribution in [0.25, 0.3) is 22.2 Å². The predicted molar refractivity (Wildman–Crippen MR) is 181 cm³/mol. The Labute approximate surface area is 284 Å². The van der Waals surface area contributed by atoms with Crippen molar-refractivity contribution in [1.82, 2.24) is 29.5 Å². The summed E-state index contributed by atoms with van der Waals surface area (Å²) in [5, 5.41) is 12.8. The van der Waals surface area contributed by atoms with E-state index in [0.717, 1.165) is 40.7 Å². The lowest BCUT2D eigenvalue weighted by molar-refractivity contribution is -0.131. The second kappa shape index (κ2) is 16.9. The number of hydrogen-bond acceptors (Lipinski definition) is 9. The van der Waals surface area contributed by atoms with Crippen molar-refractivity contribution in [3.63, 3.8) is 0 Å². The molecule has 13 nitrogen and oxygen atoms in total. The maximum atomic E-state index is 13.8. The summed E-state index contributed by atoms with van der Waals surface area (Å²) in [7, 11) is 1.61. The Morgan fingerprint density at radius 3 is 2.45 bits per heavy atom. The SMILES string of the molecule is COc1ccc2cc1OCCCN(C(=O)c1cc3ccccc3cn1)CCCCN(C(=O)Cc1cc(C)no1)CCn1ccnc1-2.O=CO. The second-order valence-corrected chi connectivity index (χ2v) is 11.5. The fourth-order valence-electron chi connectivity index (χ4n) is 5.75. The Balaban J connectivity index is 0.00000151. The van der Waals surface area contributed by atoms with Crippen LogP contribution in [0, 0.1) is 6.92 Å². The van der Waals surface area contributed by atoms with Crippen LogP contribution >= 0.6 is 0 Å². The van der Waals surface area contributed by atoms with E-state index in [2.05, 4.69) is 15.1 Å². The van der Waals surface area contributed by atoms with E-state index in [1.54, 1.807) is 25.6 Å². The molecule has 0 unspecified atom stereocenters. The summed E-state index contributed by atoms with van der Waals surface area (Å²) in [5.74, 6) is 2.38. The molecule has 5 aromatic rings. The molecule has 6 rings (SSSR count). The highest BCUT2D eigenvalue weighted by Crippen LogP contribution is 2.32. The van der Waals surface area contributed by atoms with Crippen LogP contribution in [0.4, 0.5) is 0 Å². The van der Waals surface area contributed by atoms with Gasteiger partial charge in [0, 0.05) is 68.3 Å². The van der Waals surface area contributed by atoms with Gasteiger partial charge in [0.05, 0.1) is 25.8 Å². The van der Waals surface area contributed by atoms with Crippen LogP contribution in [-0.4, -0.2) is 92.8 Å². The fourth-order valence-corrected chi connectivity index (χ4v) is 5.75. The number of amides is 2. The van der Waals surface area contributed by atoms with Gasteiger partial charge in [0.1, 0.15) is 17.3 Å². The van der Waals surface area contributed by atoms with Crippen LogP contribution in [0.15, 0.2) is 77.7 Å². The number of imidazole rings is 1. The molecule has 0 atom stereocenters. The molecule has 13 heteroatoms. The van der Waals surface area contributed by atoms with Crippen molar-refractivity contribution in [1.29, 1.82) is 0 Å². The molecule has 0 spiro atoms. The van der Waals surface area contributed by atoms with Gasteiger partial charge in [-0.1, -0.05) is 29.4 Å². The van der Waals surface area contributed by atoms with E-state index in [0.29, 0.717) is 68.7 Å². The van der Waals surface area contributed by atoms with E-state index in [-0.39, 0.29) is 24.7 Å². The molecular formula is C36H40N6O7. The van der Waals surface area contributed by atoms with Gasteiger partial charge in [-0.05, 0) is 55.8 Å². The quantitative estimate of drug-likeness (QED) is 0.262. The minimum absolute atomic E-state index is 0.0378. The summed E-state index contributed by atoms with van der Waals surface area (Å²) < 4.78 is 19.2. The molecule has 1 aliphatic heterocycles. The van der Waals surface area contributed by atoms with Crippen LogP contribution in [0.5, 0.6) is 11.5 Å². The van der Waals surface area contributed by atoms with Gasteiger partial charge in [-0.2, -0.15) is 0 Å². The maximum absolute atomic E-state index is 13.8. The van der Waals surface area contributed by atoms with E-state index < -0.39 is 0 Å². The summed E-state index contributed by atoms with van der Waals surface area (Å²) in [5.41, 5.74) is 2.02. The third-order valence-corrected chi connectivity index (χ3v) is 8.18. The first-order valence-electron chi connectivity index (χ1n) is 16.1. The number of carbonyl (C=O) groups excluding carboxylic acids is 2. The normalized spacial score (nSPS) is 14.1. The maximum Gasteiger partial charge on any atom is 0.290 e. The van der Waals surface area contributed by atoms with E-state index in [4.69, 9.17) is 23.9 Å². The molecule has 49 heavy (non-hydrogen) atoms. The van der Waals surface area contributed by atoms with Crippen molar-refractivity contribution >= 4 is 29.1 Å². The summed E-state index contributed by atoms with van der Waals surface area (Å²) in [6.07, 6.45) is 7.61. The first-order valence-corrected chi connectivity index (χ1v) is 16.1. The summed E-state index contributed by atoms with van der Waals surface area (Å²) in [6.45, 7) is 4.58. The second-order valence-electron chi connectivity index (χ2n) is 11.5. The Morgan fingerprint density at radius 1 is 0.939 bits per heavy atom. The molecule has 1 N–H and O–H groups in total. The molecular weight excluding hydrogens is 628 g/mol. The van der Waals surface area contributed by atoms with Gasteiger partial charge in [-0.15, -0.1) is 0 Å². The van der Waals surface area contributed by atoms with Gasteiger partial charge in [0.2, 0.25) is 5.91 Å². The molecule has 2 aromatic carbocycles. The molecule has 0 radical (unpaired) electrons. The highest BCUT2D eigenvalue weighted by Gasteiger charge is 2.21. The zero-order valence-electron chi connectivity index (χ0n) is 27.7. The molecule has 2 bridgehead atoms. The third-order valence-electron chi connectivity index (χ3n) is 8.18. The fraction of sp³-hybridized carbons (Fsp3) is 0.333. The van der Waals surface area contributed by atoms with E-state index in [1.807, 2.05) is 76.0 Å². The number of aryl methyl sites for hydroxylation is 1. The number of carbonyl (C=O) groups is 3. The van der Waals surface area contributed by atoms with Crippen LogP contribution in [0.1, 0.15) is 41.2 Å². The predicted octanol–water partition coefficient (Wildman–Crippen LogP) is 4.88. The number of fused-ring (bicyclic) bond motifs is 5. The first-order chi connectivity index (χ1) is 23.9. The Hall–Kier alpha value is -5.72. The van der Waals surface area contributed by atoms with Crippen LogP contribution in [0.2, 0.25) is 0 Å². The Kier molecular flexibility index (Phi) is 11.9. The van der Waals surface area contributed by atoms with Crippen molar-refractivity contribution < 1.29 is 33.5 Å². The van der Waals surface area contributed by atoms with Gasteiger partial charge in [-0.3, -0.25) is 19.4 Å². The van der Waals surface area contributed by atoms with Crippen molar-refractivity contribution in [2.45, 2.75) is 39.2 Å². The minimum Gasteiger partial charge on any atom is -0.493 e. The zero-order valence-corrected chi connectivity index (χ0v) is 27.7. The van der Waals surface area contributed by atoms with Gasteiger partial charge in [-0.25, -0.2) is 4.98 Å². The third kappa shape index (κ3) is 9.01. The number of ether oxygens (including phenoxy) is 2. The average Bonchev–Trinajstić information content (AvgIpc) is 3.76. The van der Waals surface area contributed by atoms with Crippen LogP contribution in [-0.2, 0) is 22.6 Å². The van der Waals surface area contributed by atoms with Gasteiger partial charge >= 0.3 is 0 Å². The number of rotatable bonds is 4. The Morgan fingerprint density at radius 2 is 1.69 bits per heavy atom. The largest absolute Gasteiger partial charge is 0.493 e. The van der Waals surface area contributed by atoms with Gasteiger partial charge < -0.3 is 33.5 Å². The highest BCUT2D eigenvalue weighted by atomic mass is 16.5. The lowest BCUT2D eigenvalue weighted by atomic mass is 10.1. The monoisotopic (exact) mass is 668 g/mol. The molecule has 1 aliphatic rings. The number of nitrogens with zero attached hydrogens (tertiary/aromatic N) is 6. The molecule has 0 saturated carbocycles. The number of hydrogen-bond donors (Lipinski definition) is 1. The molecule has 4 heterocycles. The van der Waals surface area contributed by atoms with Crippen molar-refractivity contribution in [2.24, 2.45) is 0 Å². The zero-order chi connectivity index (χ0) is 34.6. The van der Waals surface area contributed by atoms with E-state index in [9.17, 15) is 9.59 Å². The number of aromatic nitrogens is 4. The summed E-state index contributed by atoms with van der Waals surface area (Å²) >= 11 is 0. The minimum atomic E-state index is -0.250.